The molecule has 5 N–H and O–H groups in total. The zero-order valence-electron chi connectivity index (χ0n) is 9.57. The Labute approximate surface area is 98.7 Å². The van der Waals surface area contributed by atoms with E-state index in [4.69, 9.17) is 11.5 Å². The number of nitrogen functional groups attached to an aromatic ring is 1. The van der Waals surface area contributed by atoms with E-state index >= 15 is 0 Å². The van der Waals surface area contributed by atoms with Crippen molar-refractivity contribution in [1.82, 2.24) is 4.98 Å². The third-order valence-electron chi connectivity index (χ3n) is 2.78. The summed E-state index contributed by atoms with van der Waals surface area (Å²) in [5.74, 6) is -0.414. The third kappa shape index (κ3) is 2.09. The van der Waals surface area contributed by atoms with E-state index in [2.05, 4.69) is 9.72 Å². The number of aromatic amines is 1. The summed E-state index contributed by atoms with van der Waals surface area (Å²) in [5, 5.41) is 0.990. The molecule has 0 spiro atoms. The van der Waals surface area contributed by atoms with Gasteiger partial charge < -0.3 is 21.2 Å². The number of nitrogens with two attached hydrogens (primary N) is 2. The average molecular weight is 233 g/mol. The Kier molecular flexibility index (Phi) is 3.01. The van der Waals surface area contributed by atoms with Crippen molar-refractivity contribution in [2.45, 2.75) is 12.5 Å². The summed E-state index contributed by atoms with van der Waals surface area (Å²) in [4.78, 5) is 14.3. The minimum atomic E-state index is -0.652. The maximum atomic E-state index is 11.3. The highest BCUT2D eigenvalue weighted by Crippen LogP contribution is 2.23. The van der Waals surface area contributed by atoms with Gasteiger partial charge in [-0.15, -0.1) is 0 Å². The molecule has 0 saturated carbocycles. The van der Waals surface area contributed by atoms with E-state index < -0.39 is 12.0 Å². The second-order valence-corrected chi connectivity index (χ2v) is 3.92. The molecule has 0 saturated heterocycles. The van der Waals surface area contributed by atoms with Gasteiger partial charge in [-0.1, -0.05) is 12.1 Å². The normalized spacial score (nSPS) is 12.6. The highest BCUT2D eigenvalue weighted by atomic mass is 16.5. The topological polar surface area (TPSA) is 94.1 Å². The third-order valence-corrected chi connectivity index (χ3v) is 2.78. The van der Waals surface area contributed by atoms with Crippen LogP contribution < -0.4 is 11.5 Å². The van der Waals surface area contributed by atoms with Gasteiger partial charge in [0.2, 0.25) is 0 Å². The molecule has 0 radical (unpaired) electrons. The van der Waals surface area contributed by atoms with Crippen LogP contribution in [0.3, 0.4) is 0 Å². The molecule has 1 atom stereocenters. The van der Waals surface area contributed by atoms with Gasteiger partial charge in [-0.2, -0.15) is 0 Å². The van der Waals surface area contributed by atoms with E-state index in [0.717, 1.165) is 16.5 Å². The summed E-state index contributed by atoms with van der Waals surface area (Å²) in [6, 6.07) is 4.99. The molecular weight excluding hydrogens is 218 g/mol. The Morgan fingerprint density at radius 3 is 3.00 bits per heavy atom. The number of carbonyl (C=O) groups excluding carboxylic acids is 1. The van der Waals surface area contributed by atoms with Gasteiger partial charge in [-0.05, 0) is 11.6 Å². The average Bonchev–Trinajstić information content (AvgIpc) is 2.73. The first-order chi connectivity index (χ1) is 8.13. The summed E-state index contributed by atoms with van der Waals surface area (Å²) >= 11 is 0. The Morgan fingerprint density at radius 2 is 2.29 bits per heavy atom. The SMILES string of the molecule is COC(=O)C(N)Cc1c[nH]c2c(N)cccc12. The smallest absolute Gasteiger partial charge is 0.322 e. The van der Waals surface area contributed by atoms with Gasteiger partial charge in [0.25, 0.3) is 0 Å². The number of hydrogen-bond donors (Lipinski definition) is 3. The number of benzene rings is 1. The van der Waals surface area contributed by atoms with E-state index in [1.54, 1.807) is 0 Å². The van der Waals surface area contributed by atoms with Crippen molar-refractivity contribution in [3.8, 4) is 0 Å². The number of H-pyrrole nitrogens is 1. The monoisotopic (exact) mass is 233 g/mol. The van der Waals surface area contributed by atoms with Gasteiger partial charge in [-0.25, -0.2) is 0 Å². The molecule has 1 aromatic heterocycles. The van der Waals surface area contributed by atoms with Crippen molar-refractivity contribution in [2.24, 2.45) is 5.73 Å². The molecule has 2 rings (SSSR count). The highest BCUT2D eigenvalue weighted by molar-refractivity contribution is 5.92. The van der Waals surface area contributed by atoms with Crippen LogP contribution in [-0.2, 0) is 16.0 Å². The largest absolute Gasteiger partial charge is 0.468 e. The molecular formula is C12H15N3O2. The molecule has 90 valence electrons. The van der Waals surface area contributed by atoms with Crippen LogP contribution in [0.15, 0.2) is 24.4 Å². The van der Waals surface area contributed by atoms with Crippen LogP contribution in [0, 0.1) is 0 Å². The lowest BCUT2D eigenvalue weighted by Gasteiger charge is -2.08. The molecule has 0 aliphatic carbocycles. The minimum Gasteiger partial charge on any atom is -0.468 e. The van der Waals surface area contributed by atoms with E-state index in [0.29, 0.717) is 12.1 Å². The number of ether oxygens (including phenoxy) is 1. The van der Waals surface area contributed by atoms with Crippen LogP contribution in [0.25, 0.3) is 10.9 Å². The van der Waals surface area contributed by atoms with Crippen molar-refractivity contribution < 1.29 is 9.53 Å². The van der Waals surface area contributed by atoms with Gasteiger partial charge in [0.05, 0.1) is 18.3 Å². The summed E-state index contributed by atoms with van der Waals surface area (Å²) in [6.07, 6.45) is 2.25. The predicted molar refractivity (Wildman–Crippen MR) is 66.4 cm³/mol. The van der Waals surface area contributed by atoms with Crippen LogP contribution in [0.5, 0.6) is 0 Å². The molecule has 0 amide bonds. The minimum absolute atomic E-state index is 0.414. The predicted octanol–water partition coefficient (Wildman–Crippen LogP) is 0.793. The van der Waals surface area contributed by atoms with Crippen molar-refractivity contribution in [2.75, 3.05) is 12.8 Å². The van der Waals surface area contributed by atoms with Crippen LogP contribution >= 0.6 is 0 Å². The van der Waals surface area contributed by atoms with Crippen LogP contribution in [-0.4, -0.2) is 24.1 Å². The summed E-state index contributed by atoms with van der Waals surface area (Å²) in [7, 11) is 1.33. The van der Waals surface area contributed by atoms with Crippen LogP contribution in [0.1, 0.15) is 5.56 Å². The lowest BCUT2D eigenvalue weighted by Crippen LogP contribution is -2.33. The van der Waals surface area contributed by atoms with Crippen molar-refractivity contribution >= 4 is 22.6 Å². The van der Waals surface area contributed by atoms with E-state index in [1.165, 1.54) is 7.11 Å². The molecule has 0 fully saturated rings. The number of para-hydroxylation sites is 1. The maximum Gasteiger partial charge on any atom is 0.322 e. The number of fused-ring (bicyclic) bond motifs is 1. The lowest BCUT2D eigenvalue weighted by molar-refractivity contribution is -0.142. The fourth-order valence-corrected chi connectivity index (χ4v) is 1.88. The summed E-state index contributed by atoms with van der Waals surface area (Å²) < 4.78 is 4.60. The molecule has 5 nitrogen and oxygen atoms in total. The van der Waals surface area contributed by atoms with Crippen LogP contribution in [0.4, 0.5) is 5.69 Å². The first-order valence-electron chi connectivity index (χ1n) is 5.31. The second kappa shape index (κ2) is 4.47. The Balaban J connectivity index is 2.31. The number of carbonyl (C=O) groups is 1. The number of rotatable bonds is 3. The number of hydrogen-bond acceptors (Lipinski definition) is 4. The summed E-state index contributed by atoms with van der Waals surface area (Å²) in [5.41, 5.74) is 14.1. The van der Waals surface area contributed by atoms with E-state index in [9.17, 15) is 4.79 Å². The van der Waals surface area contributed by atoms with Gasteiger partial charge in [0, 0.05) is 18.0 Å². The first kappa shape index (κ1) is 11.5. The highest BCUT2D eigenvalue weighted by Gasteiger charge is 2.16. The van der Waals surface area contributed by atoms with E-state index in [-0.39, 0.29) is 0 Å². The molecule has 1 heterocycles. The number of aromatic nitrogens is 1. The fourth-order valence-electron chi connectivity index (χ4n) is 1.88. The quantitative estimate of drug-likeness (QED) is 0.539. The van der Waals surface area contributed by atoms with Crippen molar-refractivity contribution in [3.05, 3.63) is 30.0 Å². The molecule has 5 heteroatoms. The second-order valence-electron chi connectivity index (χ2n) is 3.92. The van der Waals surface area contributed by atoms with Gasteiger partial charge >= 0.3 is 5.97 Å². The molecule has 0 aliphatic heterocycles. The summed E-state index contributed by atoms with van der Waals surface area (Å²) in [6.45, 7) is 0. The standard InChI is InChI=1S/C12H15N3O2/c1-17-12(16)10(14)5-7-6-15-11-8(7)3-2-4-9(11)13/h2-4,6,10,15H,5,13-14H2,1H3. The lowest BCUT2D eigenvalue weighted by atomic mass is 10.1. The molecule has 1 unspecified atom stereocenters. The number of anilines is 1. The van der Waals surface area contributed by atoms with Gasteiger partial charge in [0.1, 0.15) is 6.04 Å². The Hall–Kier alpha value is -2.01. The van der Waals surface area contributed by atoms with Crippen LogP contribution in [0.2, 0.25) is 0 Å². The van der Waals surface area contributed by atoms with Gasteiger partial charge in [-0.3, -0.25) is 4.79 Å². The number of nitrogens with one attached hydrogen (secondary N) is 1. The van der Waals surface area contributed by atoms with E-state index in [1.807, 2.05) is 24.4 Å². The number of methoxy groups -OCH3 is 1. The van der Waals surface area contributed by atoms with Crippen molar-refractivity contribution in [3.63, 3.8) is 0 Å². The Morgan fingerprint density at radius 1 is 1.53 bits per heavy atom. The molecule has 17 heavy (non-hydrogen) atoms. The first-order valence-corrected chi connectivity index (χ1v) is 5.31. The zero-order valence-corrected chi connectivity index (χ0v) is 9.57. The molecule has 0 aliphatic rings. The molecule has 2 aromatic rings. The molecule has 0 bridgehead atoms. The maximum absolute atomic E-state index is 11.3. The molecule has 1 aromatic carbocycles. The number of esters is 1. The van der Waals surface area contributed by atoms with Gasteiger partial charge in [0.15, 0.2) is 0 Å². The Bertz CT molecular complexity index is 548. The fraction of sp³-hybridized carbons (Fsp3) is 0.250. The van der Waals surface area contributed by atoms with Crippen molar-refractivity contribution in [1.29, 1.82) is 0 Å². The zero-order chi connectivity index (χ0) is 12.4.